The molecule has 1 saturated carbocycles. The molecular formula is C21H25N5. The molecule has 1 aliphatic carbocycles. The van der Waals surface area contributed by atoms with Crippen LogP contribution in [-0.2, 0) is 0 Å². The molecule has 0 aromatic heterocycles. The molecule has 2 aromatic carbocycles. The molecule has 0 saturated heterocycles. The maximum atomic E-state index is 6.40. The molecular weight excluding hydrogens is 322 g/mol. The highest BCUT2D eigenvalue weighted by molar-refractivity contribution is 6.07. The maximum absolute atomic E-state index is 6.40. The number of rotatable bonds is 2. The largest absolute Gasteiger partial charge is 0.369 e. The highest BCUT2D eigenvalue weighted by atomic mass is 15.4. The minimum Gasteiger partial charge on any atom is -0.369 e. The first kappa shape index (κ1) is 16.6. The fourth-order valence-electron chi connectivity index (χ4n) is 4.20. The summed E-state index contributed by atoms with van der Waals surface area (Å²) in [5.74, 6) is 0.716. The van der Waals surface area contributed by atoms with Gasteiger partial charge in [-0.3, -0.25) is 4.90 Å². The molecule has 1 spiro atoms. The molecule has 0 radical (unpaired) electrons. The molecule has 0 atom stereocenters. The fraction of sp³-hybridized carbons (Fsp3) is 0.333. The number of para-hydroxylation sites is 1. The topological polar surface area (TPSA) is 80.0 Å². The average molecular weight is 347 g/mol. The Hall–Kier alpha value is -2.82. The number of aryl methyl sites for hydroxylation is 1. The van der Waals surface area contributed by atoms with E-state index < -0.39 is 5.66 Å². The quantitative estimate of drug-likeness (QED) is 0.868. The molecule has 134 valence electrons. The summed E-state index contributed by atoms with van der Waals surface area (Å²) >= 11 is 0. The van der Waals surface area contributed by atoms with Crippen molar-refractivity contribution in [2.75, 3.05) is 4.90 Å². The molecule has 1 aliphatic heterocycles. The van der Waals surface area contributed by atoms with Crippen LogP contribution in [0.4, 0.5) is 5.69 Å². The van der Waals surface area contributed by atoms with Crippen LogP contribution in [-0.4, -0.2) is 17.6 Å². The second-order valence-electron chi connectivity index (χ2n) is 7.21. The van der Waals surface area contributed by atoms with E-state index in [9.17, 15) is 0 Å². The monoisotopic (exact) mass is 347 g/mol. The van der Waals surface area contributed by atoms with Gasteiger partial charge in [-0.1, -0.05) is 54.4 Å². The van der Waals surface area contributed by atoms with E-state index in [4.69, 9.17) is 16.5 Å². The van der Waals surface area contributed by atoms with Gasteiger partial charge in [-0.2, -0.15) is 4.99 Å². The Bertz CT molecular complexity index is 877. The van der Waals surface area contributed by atoms with Crippen molar-refractivity contribution in [1.29, 1.82) is 0 Å². The summed E-state index contributed by atoms with van der Waals surface area (Å²) in [5.41, 5.74) is 16.5. The number of nitrogens with two attached hydrogens (primary N) is 2. The van der Waals surface area contributed by atoms with Gasteiger partial charge in [-0.25, -0.2) is 4.99 Å². The van der Waals surface area contributed by atoms with Crippen molar-refractivity contribution in [2.45, 2.75) is 44.7 Å². The predicted molar refractivity (Wildman–Crippen MR) is 108 cm³/mol. The summed E-state index contributed by atoms with van der Waals surface area (Å²) in [6.07, 6.45) is 5.33. The van der Waals surface area contributed by atoms with Gasteiger partial charge in [0, 0.05) is 5.56 Å². The van der Waals surface area contributed by atoms with Crippen LogP contribution in [0.3, 0.4) is 0 Å². The number of hydrogen-bond donors (Lipinski definition) is 2. The molecule has 2 aliphatic rings. The van der Waals surface area contributed by atoms with Gasteiger partial charge in [0.2, 0.25) is 11.9 Å². The van der Waals surface area contributed by atoms with Crippen molar-refractivity contribution in [3.63, 3.8) is 0 Å². The van der Waals surface area contributed by atoms with Crippen molar-refractivity contribution in [1.82, 2.24) is 0 Å². The Morgan fingerprint density at radius 3 is 2.50 bits per heavy atom. The second kappa shape index (κ2) is 6.48. The molecule has 1 fully saturated rings. The predicted octanol–water partition coefficient (Wildman–Crippen LogP) is 3.77. The maximum Gasteiger partial charge on any atom is 0.220 e. The molecule has 5 heteroatoms. The summed E-state index contributed by atoms with van der Waals surface area (Å²) in [6.45, 7) is 2.11. The van der Waals surface area contributed by atoms with Gasteiger partial charge in [-0.05, 0) is 44.2 Å². The summed E-state index contributed by atoms with van der Waals surface area (Å²) < 4.78 is 0. The zero-order valence-corrected chi connectivity index (χ0v) is 15.2. The fourth-order valence-corrected chi connectivity index (χ4v) is 4.20. The van der Waals surface area contributed by atoms with Crippen molar-refractivity contribution >= 4 is 17.6 Å². The SMILES string of the molecule is Cc1cccc(-c2ccccc2N2C(N)=NC(N)=NC23CCCCC3)c1. The normalized spacial score (nSPS) is 19.2. The van der Waals surface area contributed by atoms with Crippen LogP contribution in [0.5, 0.6) is 0 Å². The number of nitrogens with zero attached hydrogens (tertiary/aromatic N) is 3. The third kappa shape index (κ3) is 2.83. The zero-order valence-electron chi connectivity index (χ0n) is 15.2. The first-order chi connectivity index (χ1) is 12.6. The van der Waals surface area contributed by atoms with Crippen LogP contribution in [0.2, 0.25) is 0 Å². The molecule has 0 amide bonds. The molecule has 1 heterocycles. The van der Waals surface area contributed by atoms with E-state index in [-0.39, 0.29) is 5.96 Å². The minimum atomic E-state index is -0.423. The summed E-state index contributed by atoms with van der Waals surface area (Å²) in [7, 11) is 0. The number of benzene rings is 2. The van der Waals surface area contributed by atoms with E-state index in [1.807, 2.05) is 6.07 Å². The first-order valence-corrected chi connectivity index (χ1v) is 9.25. The third-order valence-corrected chi connectivity index (χ3v) is 5.33. The van der Waals surface area contributed by atoms with Gasteiger partial charge in [-0.15, -0.1) is 0 Å². The lowest BCUT2D eigenvalue weighted by Crippen LogP contribution is -2.58. The van der Waals surface area contributed by atoms with Crippen molar-refractivity contribution in [3.05, 3.63) is 54.1 Å². The molecule has 4 rings (SSSR count). The number of anilines is 1. The zero-order chi connectivity index (χ0) is 18.1. The smallest absolute Gasteiger partial charge is 0.220 e. The lowest BCUT2D eigenvalue weighted by Gasteiger charge is -2.46. The number of aliphatic imine (C=N–C) groups is 2. The van der Waals surface area contributed by atoms with Crippen molar-refractivity contribution < 1.29 is 0 Å². The van der Waals surface area contributed by atoms with Crippen molar-refractivity contribution in [2.24, 2.45) is 21.5 Å². The highest BCUT2D eigenvalue weighted by Gasteiger charge is 2.43. The molecule has 0 unspecified atom stereocenters. The highest BCUT2D eigenvalue weighted by Crippen LogP contribution is 2.42. The Morgan fingerprint density at radius 1 is 0.962 bits per heavy atom. The molecule has 5 nitrogen and oxygen atoms in total. The minimum absolute atomic E-state index is 0.286. The van der Waals surface area contributed by atoms with Gasteiger partial charge in [0.05, 0.1) is 5.69 Å². The lowest BCUT2D eigenvalue weighted by molar-refractivity contribution is 0.305. The standard InChI is InChI=1S/C21H25N5/c1-15-8-7-9-16(14-15)17-10-3-4-11-18(17)26-20(23)24-19(22)25-21(26)12-5-2-6-13-21/h3-4,7-11,14H,2,5-6,12-13H2,1H3,(H4,22,23,24,25). The molecule has 4 N–H and O–H groups in total. The Morgan fingerprint density at radius 2 is 1.73 bits per heavy atom. The summed E-state index contributed by atoms with van der Waals surface area (Å²) in [4.78, 5) is 11.2. The Kier molecular flexibility index (Phi) is 4.15. The van der Waals surface area contributed by atoms with E-state index in [1.54, 1.807) is 0 Å². The average Bonchev–Trinajstić information content (AvgIpc) is 2.62. The Balaban J connectivity index is 1.87. The second-order valence-corrected chi connectivity index (χ2v) is 7.21. The lowest BCUT2D eigenvalue weighted by atomic mass is 9.86. The van der Waals surface area contributed by atoms with Gasteiger partial charge in [0.15, 0.2) is 0 Å². The van der Waals surface area contributed by atoms with E-state index >= 15 is 0 Å². The first-order valence-electron chi connectivity index (χ1n) is 9.25. The van der Waals surface area contributed by atoms with Gasteiger partial charge in [0.25, 0.3) is 0 Å². The van der Waals surface area contributed by atoms with E-state index in [0.717, 1.165) is 36.9 Å². The number of hydrogen-bond acceptors (Lipinski definition) is 5. The van der Waals surface area contributed by atoms with Gasteiger partial charge in [0.1, 0.15) is 5.66 Å². The van der Waals surface area contributed by atoms with Crippen LogP contribution in [0, 0.1) is 6.92 Å². The van der Waals surface area contributed by atoms with E-state index in [1.165, 1.54) is 17.5 Å². The Labute approximate surface area is 154 Å². The van der Waals surface area contributed by atoms with Crippen molar-refractivity contribution in [3.8, 4) is 11.1 Å². The number of guanidine groups is 2. The molecule has 26 heavy (non-hydrogen) atoms. The van der Waals surface area contributed by atoms with Crippen LogP contribution < -0.4 is 16.4 Å². The van der Waals surface area contributed by atoms with Crippen LogP contribution in [0.1, 0.15) is 37.7 Å². The summed E-state index contributed by atoms with van der Waals surface area (Å²) in [5, 5.41) is 0. The summed E-state index contributed by atoms with van der Waals surface area (Å²) in [6, 6.07) is 16.9. The molecule has 2 aromatic rings. The van der Waals surface area contributed by atoms with Gasteiger partial charge < -0.3 is 11.5 Å². The van der Waals surface area contributed by atoms with Crippen LogP contribution in [0.25, 0.3) is 11.1 Å². The third-order valence-electron chi connectivity index (χ3n) is 5.33. The van der Waals surface area contributed by atoms with Crippen LogP contribution >= 0.6 is 0 Å². The van der Waals surface area contributed by atoms with E-state index in [0.29, 0.717) is 5.96 Å². The van der Waals surface area contributed by atoms with E-state index in [2.05, 4.69) is 59.3 Å². The van der Waals surface area contributed by atoms with Gasteiger partial charge >= 0.3 is 0 Å². The van der Waals surface area contributed by atoms with Crippen LogP contribution in [0.15, 0.2) is 58.5 Å². The molecule has 0 bridgehead atoms.